The van der Waals surface area contributed by atoms with Crippen LogP contribution < -0.4 is 0 Å². The number of aromatic nitrogens is 2. The van der Waals surface area contributed by atoms with E-state index in [4.69, 9.17) is 9.83 Å². The molecule has 3 aromatic heterocycles. The van der Waals surface area contributed by atoms with E-state index in [2.05, 4.69) is 66.3 Å². The van der Waals surface area contributed by atoms with Gasteiger partial charge in [-0.2, -0.15) is 0 Å². The Bertz CT molecular complexity index is 1820. The molecule has 0 amide bonds. The molecule has 0 atom stereocenters. The summed E-state index contributed by atoms with van der Waals surface area (Å²) in [6.07, 6.45) is 18.7. The van der Waals surface area contributed by atoms with Gasteiger partial charge in [-0.3, -0.25) is 0 Å². The topological polar surface area (TPSA) is 46.9 Å². The Morgan fingerprint density at radius 3 is 1.23 bits per heavy atom. The van der Waals surface area contributed by atoms with Crippen molar-refractivity contribution in [1.82, 2.24) is 9.13 Å². The van der Waals surface area contributed by atoms with Crippen LogP contribution >= 0.6 is 0 Å². The van der Waals surface area contributed by atoms with Crippen molar-refractivity contribution in [2.75, 3.05) is 0 Å². The standard InChI is InChI=1S/C37H33N3O.3C2H6/c1-8-15-33-27(11-4)26(10-3)32(14-7)39(33)24-17-19-36-30(21-24)31-22-25(18-20-37(31)41-36)40-34(16-9-2)28(12-5)29(13-6)35(40)23-38;3*1-2/h8-23,38H,3-7H2,1-2H3;3*1-2H3/b15-8-,16-9-,38-23?;;;. The Morgan fingerprint density at radius 2 is 0.894 bits per heavy atom. The summed E-state index contributed by atoms with van der Waals surface area (Å²) in [5, 5.41) is 10.2. The van der Waals surface area contributed by atoms with E-state index in [-0.39, 0.29) is 0 Å². The molecular weight excluding hydrogens is 574 g/mol. The van der Waals surface area contributed by atoms with E-state index >= 15 is 0 Å². The maximum atomic E-state index is 8.23. The smallest absolute Gasteiger partial charge is 0.135 e. The molecule has 0 aliphatic heterocycles. The highest BCUT2D eigenvalue weighted by Crippen LogP contribution is 2.37. The van der Waals surface area contributed by atoms with E-state index in [1.54, 1.807) is 6.08 Å². The summed E-state index contributed by atoms with van der Waals surface area (Å²) in [6, 6.07) is 12.3. The molecule has 0 unspecified atom stereocenters. The monoisotopic (exact) mass is 625 g/mol. The van der Waals surface area contributed by atoms with Crippen LogP contribution in [0.15, 0.2) is 85.9 Å². The molecule has 3 heterocycles. The Labute approximate surface area is 282 Å². The van der Waals surface area contributed by atoms with Gasteiger partial charge in [-0.15, -0.1) is 0 Å². The number of fused-ring (bicyclic) bond motifs is 3. The minimum absolute atomic E-state index is 0.740. The van der Waals surface area contributed by atoms with Crippen molar-refractivity contribution >= 4 is 70.7 Å². The van der Waals surface area contributed by atoms with Gasteiger partial charge in [-0.1, -0.05) is 111 Å². The second-order valence-corrected chi connectivity index (χ2v) is 9.49. The first kappa shape index (κ1) is 37.8. The Balaban J connectivity index is 0.00000121. The van der Waals surface area contributed by atoms with Gasteiger partial charge in [0.15, 0.2) is 0 Å². The molecule has 4 heteroatoms. The Hall–Kier alpha value is -5.35. The maximum absolute atomic E-state index is 8.23. The molecule has 4 nitrogen and oxygen atoms in total. The quantitative estimate of drug-likeness (QED) is 0.154. The molecule has 0 radical (unpaired) electrons. The van der Waals surface area contributed by atoms with Crippen molar-refractivity contribution in [1.29, 1.82) is 5.41 Å². The van der Waals surface area contributed by atoms with Crippen LogP contribution in [0.5, 0.6) is 0 Å². The summed E-state index contributed by atoms with van der Waals surface area (Å²) < 4.78 is 10.5. The summed E-state index contributed by atoms with van der Waals surface area (Å²) in [5.41, 5.74) is 10.9. The van der Waals surface area contributed by atoms with Gasteiger partial charge in [0.05, 0.1) is 22.8 Å². The third-order valence-electron chi connectivity index (χ3n) is 7.40. The molecule has 0 bridgehead atoms. The lowest BCUT2D eigenvalue weighted by atomic mass is 10.1. The van der Waals surface area contributed by atoms with Crippen molar-refractivity contribution in [2.45, 2.75) is 55.4 Å². The van der Waals surface area contributed by atoms with Gasteiger partial charge in [-0.05, 0) is 68.5 Å². The van der Waals surface area contributed by atoms with Crippen molar-refractivity contribution < 1.29 is 4.42 Å². The summed E-state index contributed by atoms with van der Waals surface area (Å²) in [7, 11) is 0. The van der Waals surface area contributed by atoms with Gasteiger partial charge < -0.3 is 19.0 Å². The van der Waals surface area contributed by atoms with Crippen LogP contribution in [0, 0.1) is 5.41 Å². The van der Waals surface area contributed by atoms with Crippen LogP contribution in [-0.2, 0) is 0 Å². The normalized spacial score (nSPS) is 10.5. The molecular formula is C43H51N3O. The Morgan fingerprint density at radius 1 is 0.532 bits per heavy atom. The number of rotatable bonds is 10. The number of benzene rings is 2. The van der Waals surface area contributed by atoms with Gasteiger partial charge >= 0.3 is 0 Å². The fourth-order valence-corrected chi connectivity index (χ4v) is 5.73. The fraction of sp³-hybridized carbons (Fsp3) is 0.186. The van der Waals surface area contributed by atoms with Crippen LogP contribution in [0.1, 0.15) is 100 Å². The zero-order chi connectivity index (χ0) is 35.3. The second kappa shape index (κ2) is 18.0. The van der Waals surface area contributed by atoms with Crippen molar-refractivity contribution in [3.05, 3.63) is 126 Å². The first-order chi connectivity index (χ1) is 23.0. The average Bonchev–Trinajstić information content (AvgIpc) is 3.76. The maximum Gasteiger partial charge on any atom is 0.135 e. The summed E-state index contributed by atoms with van der Waals surface area (Å²) in [6.45, 7) is 36.2. The lowest BCUT2D eigenvalue weighted by Crippen LogP contribution is -2.02. The first-order valence-electron chi connectivity index (χ1n) is 16.4. The van der Waals surface area contributed by atoms with E-state index < -0.39 is 0 Å². The minimum atomic E-state index is 0.740. The molecule has 0 fully saturated rings. The highest BCUT2D eigenvalue weighted by molar-refractivity contribution is 6.06. The number of nitrogens with one attached hydrogen (secondary N) is 1. The SMILES string of the molecule is C=Cc1c(C=C)c(/C=C\C)n(-c2ccc3oc4ccc(-n5c(C=N)c(C=C)c(C=C)c5/C=C\C)cc4c3c2)c1C=C.CC.CC.CC. The number of hydrogen-bond acceptors (Lipinski definition) is 2. The molecule has 0 saturated carbocycles. The van der Waals surface area contributed by atoms with E-state index in [1.165, 1.54) is 6.21 Å². The van der Waals surface area contributed by atoms with Crippen LogP contribution in [0.3, 0.4) is 0 Å². The van der Waals surface area contributed by atoms with Gasteiger partial charge in [0, 0.05) is 50.6 Å². The van der Waals surface area contributed by atoms with Gasteiger partial charge in [-0.25, -0.2) is 0 Å². The third-order valence-corrected chi connectivity index (χ3v) is 7.40. The third kappa shape index (κ3) is 6.78. The zero-order valence-corrected chi connectivity index (χ0v) is 29.6. The van der Waals surface area contributed by atoms with E-state index in [1.807, 2.05) is 116 Å². The number of furan rings is 1. The molecule has 0 spiro atoms. The predicted octanol–water partition coefficient (Wildman–Crippen LogP) is 13.5. The van der Waals surface area contributed by atoms with E-state index in [9.17, 15) is 0 Å². The Kier molecular flexibility index (Phi) is 14.5. The van der Waals surface area contributed by atoms with Crippen LogP contribution in [0.4, 0.5) is 0 Å². The number of nitrogens with zero attached hydrogens (tertiary/aromatic N) is 2. The van der Waals surface area contributed by atoms with Gasteiger partial charge in [0.2, 0.25) is 0 Å². The summed E-state index contributed by atoms with van der Waals surface area (Å²) in [5.74, 6) is 0. The van der Waals surface area contributed by atoms with Crippen LogP contribution in [-0.4, -0.2) is 15.3 Å². The van der Waals surface area contributed by atoms with Gasteiger partial charge in [0.25, 0.3) is 0 Å². The fourth-order valence-electron chi connectivity index (χ4n) is 5.73. The lowest BCUT2D eigenvalue weighted by molar-refractivity contribution is 0.668. The second-order valence-electron chi connectivity index (χ2n) is 9.49. The molecule has 5 aromatic rings. The predicted molar refractivity (Wildman–Crippen MR) is 214 cm³/mol. The molecule has 1 N–H and O–H groups in total. The first-order valence-corrected chi connectivity index (χ1v) is 16.4. The highest BCUT2D eigenvalue weighted by Gasteiger charge is 2.21. The highest BCUT2D eigenvalue weighted by atomic mass is 16.3. The molecule has 0 aliphatic rings. The zero-order valence-electron chi connectivity index (χ0n) is 29.6. The molecule has 47 heavy (non-hydrogen) atoms. The van der Waals surface area contributed by atoms with Crippen molar-refractivity contribution in [3.8, 4) is 11.4 Å². The van der Waals surface area contributed by atoms with Crippen molar-refractivity contribution in [2.24, 2.45) is 0 Å². The van der Waals surface area contributed by atoms with Gasteiger partial charge in [0.1, 0.15) is 11.2 Å². The average molecular weight is 626 g/mol. The summed E-state index contributed by atoms with van der Waals surface area (Å²) in [4.78, 5) is 0. The molecule has 244 valence electrons. The number of allylic oxidation sites excluding steroid dienone is 2. The number of hydrogen-bond donors (Lipinski definition) is 1. The molecule has 5 rings (SSSR count). The van der Waals surface area contributed by atoms with Crippen LogP contribution in [0.2, 0.25) is 0 Å². The molecule has 0 aliphatic carbocycles. The van der Waals surface area contributed by atoms with E-state index in [0.29, 0.717) is 0 Å². The largest absolute Gasteiger partial charge is 0.456 e. The minimum Gasteiger partial charge on any atom is -0.456 e. The van der Waals surface area contributed by atoms with E-state index in [0.717, 1.165) is 78.3 Å². The molecule has 2 aromatic carbocycles. The summed E-state index contributed by atoms with van der Waals surface area (Å²) >= 11 is 0. The van der Waals surface area contributed by atoms with Crippen LogP contribution in [0.25, 0.3) is 75.8 Å². The molecule has 0 saturated heterocycles. The lowest BCUT2D eigenvalue weighted by Gasteiger charge is -2.12. The van der Waals surface area contributed by atoms with Crippen molar-refractivity contribution in [3.63, 3.8) is 0 Å².